The Hall–Kier alpha value is -1.26. The van der Waals surface area contributed by atoms with Crippen molar-refractivity contribution < 1.29 is 9.31 Å². The molecule has 1 fully saturated rings. The van der Waals surface area contributed by atoms with Crippen LogP contribution in [-0.2, 0) is 0 Å². The third-order valence-corrected chi connectivity index (χ3v) is 1.84. The van der Waals surface area contributed by atoms with Gasteiger partial charge in [0.1, 0.15) is 0 Å². The molecule has 2 rings (SSSR count). The quantitative estimate of drug-likeness (QED) is 0.543. The zero-order valence-corrected chi connectivity index (χ0v) is 6.23. The minimum Gasteiger partial charge on any atom is -0.362 e. The second-order valence-corrected chi connectivity index (χ2v) is 2.69. The highest BCUT2D eigenvalue weighted by atomic mass is 16.5. The summed E-state index contributed by atoms with van der Waals surface area (Å²) in [5.41, 5.74) is 5.37. The number of rotatable bonds is 1. The first kappa shape index (κ1) is 6.45. The second kappa shape index (κ2) is 2.41. The third kappa shape index (κ3) is 1.13. The van der Waals surface area contributed by atoms with E-state index in [9.17, 15) is 0 Å². The van der Waals surface area contributed by atoms with Crippen molar-refractivity contribution in [3.05, 3.63) is 6.20 Å². The number of hydrogen-bond donors (Lipinski definition) is 1. The van der Waals surface area contributed by atoms with Crippen LogP contribution in [-0.4, -0.2) is 18.4 Å². The van der Waals surface area contributed by atoms with Gasteiger partial charge in [-0.2, -0.15) is 5.01 Å². The lowest BCUT2D eigenvalue weighted by molar-refractivity contribution is -0.756. The van der Waals surface area contributed by atoms with Crippen LogP contribution in [0.25, 0.3) is 0 Å². The fraction of sp³-hybridized carbons (Fsp3) is 0.667. The second-order valence-electron chi connectivity index (χ2n) is 2.69. The van der Waals surface area contributed by atoms with Crippen molar-refractivity contribution in [3.8, 4) is 0 Å². The summed E-state index contributed by atoms with van der Waals surface area (Å²) in [6.45, 7) is 2.08. The lowest BCUT2D eigenvalue weighted by Crippen LogP contribution is -2.57. The van der Waals surface area contributed by atoms with Crippen molar-refractivity contribution in [2.24, 2.45) is 0 Å². The van der Waals surface area contributed by atoms with E-state index in [0.29, 0.717) is 5.88 Å². The summed E-state index contributed by atoms with van der Waals surface area (Å²) < 4.78 is 4.73. The van der Waals surface area contributed by atoms with Crippen molar-refractivity contribution >= 4 is 5.88 Å². The van der Waals surface area contributed by atoms with Crippen molar-refractivity contribution in [1.29, 1.82) is 0 Å². The van der Waals surface area contributed by atoms with Crippen LogP contribution < -0.4 is 15.5 Å². The topological polar surface area (TPSA) is 59.2 Å². The van der Waals surface area contributed by atoms with Crippen LogP contribution in [0.2, 0.25) is 0 Å². The molecule has 2 heterocycles. The summed E-state index contributed by atoms with van der Waals surface area (Å²) in [7, 11) is 0. The molecule has 0 atom stereocenters. The molecule has 1 aliphatic rings. The molecule has 0 amide bonds. The van der Waals surface area contributed by atoms with E-state index in [1.165, 1.54) is 12.8 Å². The highest BCUT2D eigenvalue weighted by Crippen LogP contribution is 2.01. The van der Waals surface area contributed by atoms with Gasteiger partial charge in [-0.3, -0.25) is 4.52 Å². The summed E-state index contributed by atoms with van der Waals surface area (Å²) in [5.74, 6) is 0.358. The average Bonchev–Trinajstić information content (AvgIpc) is 2.55. The minimum atomic E-state index is 0.358. The molecule has 5 heteroatoms. The Bertz CT molecular complexity index is 240. The van der Waals surface area contributed by atoms with E-state index < -0.39 is 0 Å². The maximum atomic E-state index is 5.37. The molecule has 0 spiro atoms. The summed E-state index contributed by atoms with van der Waals surface area (Å²) >= 11 is 0. The highest BCUT2D eigenvalue weighted by Gasteiger charge is 2.22. The van der Waals surface area contributed by atoms with Gasteiger partial charge in [0.15, 0.2) is 0 Å². The van der Waals surface area contributed by atoms with Crippen LogP contribution in [0, 0.1) is 0 Å². The van der Waals surface area contributed by atoms with Crippen LogP contribution in [0.1, 0.15) is 12.8 Å². The van der Waals surface area contributed by atoms with Crippen LogP contribution in [0.3, 0.4) is 0 Å². The highest BCUT2D eigenvalue weighted by molar-refractivity contribution is 5.11. The third-order valence-electron chi connectivity index (χ3n) is 1.84. The SMILES string of the molecule is Nc1c[n+](N2CCCC2)no1. The summed E-state index contributed by atoms with van der Waals surface area (Å²) in [5, 5.41) is 5.84. The molecule has 0 aliphatic carbocycles. The average molecular weight is 155 g/mol. The van der Waals surface area contributed by atoms with Gasteiger partial charge in [-0.05, 0) is 12.8 Å². The van der Waals surface area contributed by atoms with Gasteiger partial charge in [-0.1, -0.05) is 0 Å². The normalized spacial score (nSPS) is 17.6. The van der Waals surface area contributed by atoms with Crippen molar-refractivity contribution in [1.82, 2.24) is 5.27 Å². The van der Waals surface area contributed by atoms with Gasteiger partial charge in [0.25, 0.3) is 12.1 Å². The summed E-state index contributed by atoms with van der Waals surface area (Å²) in [6, 6.07) is 0. The number of anilines is 1. The largest absolute Gasteiger partial charge is 0.362 e. The standard InChI is InChI=1S/C6H11N4O/c7-6-5-10(8-11-6)9-3-1-2-4-9/h5H,1-4,7H2/q+1. The zero-order valence-electron chi connectivity index (χ0n) is 6.23. The Kier molecular flexibility index (Phi) is 1.41. The van der Waals surface area contributed by atoms with E-state index in [4.69, 9.17) is 10.3 Å². The molecule has 5 nitrogen and oxygen atoms in total. The fourth-order valence-corrected chi connectivity index (χ4v) is 1.29. The Morgan fingerprint density at radius 3 is 2.82 bits per heavy atom. The van der Waals surface area contributed by atoms with Gasteiger partial charge < -0.3 is 5.73 Å². The van der Waals surface area contributed by atoms with Crippen molar-refractivity contribution in [2.75, 3.05) is 23.8 Å². The van der Waals surface area contributed by atoms with Gasteiger partial charge in [-0.15, -0.1) is 0 Å². The molecule has 0 bridgehead atoms. The molecular weight excluding hydrogens is 144 g/mol. The molecular formula is C6H11N4O+. The van der Waals surface area contributed by atoms with Gasteiger partial charge in [0.2, 0.25) is 5.27 Å². The Morgan fingerprint density at radius 1 is 1.55 bits per heavy atom. The Morgan fingerprint density at radius 2 is 2.27 bits per heavy atom. The molecule has 0 saturated carbocycles. The number of aromatic nitrogens is 2. The molecule has 11 heavy (non-hydrogen) atoms. The van der Waals surface area contributed by atoms with Crippen molar-refractivity contribution in [3.63, 3.8) is 0 Å². The Balaban J connectivity index is 2.15. The molecule has 1 aromatic rings. The van der Waals surface area contributed by atoms with Gasteiger partial charge in [-0.25, -0.2) is 0 Å². The number of hydrogen-bond acceptors (Lipinski definition) is 4. The maximum absolute atomic E-state index is 5.37. The lowest BCUT2D eigenvalue weighted by atomic mass is 10.4. The zero-order chi connectivity index (χ0) is 7.68. The number of nitrogens with two attached hydrogens (primary N) is 1. The van der Waals surface area contributed by atoms with E-state index in [0.717, 1.165) is 13.1 Å². The molecule has 1 aliphatic heterocycles. The van der Waals surface area contributed by atoms with E-state index in [1.54, 1.807) is 11.0 Å². The fourth-order valence-electron chi connectivity index (χ4n) is 1.29. The van der Waals surface area contributed by atoms with E-state index >= 15 is 0 Å². The molecule has 2 N–H and O–H groups in total. The molecule has 0 unspecified atom stereocenters. The predicted octanol–water partition coefficient (Wildman–Crippen LogP) is -0.724. The first-order chi connectivity index (χ1) is 5.36. The van der Waals surface area contributed by atoms with Crippen LogP contribution in [0.4, 0.5) is 5.88 Å². The Labute approximate surface area is 64.3 Å². The molecule has 1 saturated heterocycles. The molecule has 1 aromatic heterocycles. The maximum Gasteiger partial charge on any atom is 0.296 e. The molecule has 60 valence electrons. The first-order valence-corrected chi connectivity index (χ1v) is 3.75. The first-order valence-electron chi connectivity index (χ1n) is 3.75. The van der Waals surface area contributed by atoms with Gasteiger partial charge >= 0.3 is 0 Å². The minimum absolute atomic E-state index is 0.358. The van der Waals surface area contributed by atoms with E-state index in [-0.39, 0.29) is 0 Å². The molecule has 0 radical (unpaired) electrons. The number of nitrogen functional groups attached to an aromatic ring is 1. The van der Waals surface area contributed by atoms with E-state index in [1.807, 2.05) is 0 Å². The van der Waals surface area contributed by atoms with Crippen LogP contribution in [0.5, 0.6) is 0 Å². The van der Waals surface area contributed by atoms with E-state index in [2.05, 4.69) is 10.3 Å². The van der Waals surface area contributed by atoms with Crippen LogP contribution >= 0.6 is 0 Å². The van der Waals surface area contributed by atoms with Gasteiger partial charge in [0.05, 0.1) is 17.9 Å². The van der Waals surface area contributed by atoms with Gasteiger partial charge in [0, 0.05) is 0 Å². The summed E-state index contributed by atoms with van der Waals surface area (Å²) in [4.78, 5) is 1.67. The summed E-state index contributed by atoms with van der Waals surface area (Å²) in [6.07, 6.45) is 4.13. The number of nitrogens with zero attached hydrogens (tertiary/aromatic N) is 3. The lowest BCUT2D eigenvalue weighted by Gasteiger charge is -2.01. The predicted molar refractivity (Wildman–Crippen MR) is 38.3 cm³/mol. The molecule has 0 aromatic carbocycles. The smallest absolute Gasteiger partial charge is 0.296 e. The van der Waals surface area contributed by atoms with Crippen molar-refractivity contribution in [2.45, 2.75) is 12.8 Å². The van der Waals surface area contributed by atoms with Crippen LogP contribution in [0.15, 0.2) is 10.7 Å². The monoisotopic (exact) mass is 155 g/mol.